The maximum Gasteiger partial charge on any atom is 0.472 e. The Morgan fingerprint density at radius 1 is 0.525 bits per heavy atom. The van der Waals surface area contributed by atoms with Gasteiger partial charge in [0, 0.05) is 12.8 Å². The minimum Gasteiger partial charge on any atom is -0.462 e. The minimum atomic E-state index is -4.66. The molecule has 332 valence electrons. The van der Waals surface area contributed by atoms with Crippen LogP contribution < -0.4 is 0 Å². The summed E-state index contributed by atoms with van der Waals surface area (Å²) in [6.07, 6.45) is 54.7. The predicted octanol–water partition coefficient (Wildman–Crippen LogP) is 11.6. The Bertz CT molecular complexity index is 1390. The standard InChI is InChI=1S/C48H75O10P/c1-3-5-7-9-11-13-15-17-19-21-22-24-26-28-30-32-34-36-38-40-48(52)58-46(44-57-59(53,54)56-42-45(50)41-49)43-55-47(51)39-37-35-33-31-29-27-25-23-20-18-16-14-12-10-8-6-4-2/h5,7,11-14,17-20,22,24-25,27-28,30-31,33-34,36,45-46,49-50H,3-4,6,8-10,15-16,21,23,26,29,32,35,37-44H2,1-2H3,(H,53,54)/b7-5-,13-11-,14-12-,19-17-,20-18-,24-22-,27-25-,30-28-,33-31-,36-34-/t45-,46+/m0/s1. The first-order chi connectivity index (χ1) is 28.7. The number of esters is 2. The summed E-state index contributed by atoms with van der Waals surface area (Å²) < 4.78 is 32.5. The van der Waals surface area contributed by atoms with Gasteiger partial charge in [-0.25, -0.2) is 4.57 Å². The van der Waals surface area contributed by atoms with Crippen LogP contribution in [0.2, 0.25) is 0 Å². The molecule has 0 spiro atoms. The first kappa shape index (κ1) is 55.4. The van der Waals surface area contributed by atoms with E-state index in [0.29, 0.717) is 25.7 Å². The molecule has 0 bridgehead atoms. The Morgan fingerprint density at radius 2 is 0.949 bits per heavy atom. The fourth-order valence-corrected chi connectivity index (χ4v) is 5.62. The zero-order valence-electron chi connectivity index (χ0n) is 35.9. The average Bonchev–Trinajstić information content (AvgIpc) is 3.22. The molecule has 59 heavy (non-hydrogen) atoms. The Morgan fingerprint density at radius 3 is 1.41 bits per heavy atom. The number of rotatable bonds is 38. The summed E-state index contributed by atoms with van der Waals surface area (Å²) in [6.45, 7) is 2.05. The molecule has 0 saturated carbocycles. The summed E-state index contributed by atoms with van der Waals surface area (Å²) >= 11 is 0. The quantitative estimate of drug-likeness (QED) is 0.0237. The fraction of sp³-hybridized carbons (Fsp3) is 0.542. The number of carbonyl (C=O) groups excluding carboxylic acids is 2. The van der Waals surface area contributed by atoms with E-state index in [0.717, 1.165) is 57.8 Å². The molecular weight excluding hydrogens is 767 g/mol. The van der Waals surface area contributed by atoms with Crippen LogP contribution in [0.4, 0.5) is 0 Å². The number of phosphoric ester groups is 1. The summed E-state index contributed by atoms with van der Waals surface area (Å²) in [4.78, 5) is 34.9. The normalized spacial score (nSPS) is 15.0. The van der Waals surface area contributed by atoms with Crippen molar-refractivity contribution < 1.29 is 47.8 Å². The summed E-state index contributed by atoms with van der Waals surface area (Å²) in [7, 11) is -4.66. The van der Waals surface area contributed by atoms with Crippen LogP contribution in [-0.4, -0.2) is 65.7 Å². The van der Waals surface area contributed by atoms with Crippen LogP contribution >= 0.6 is 7.82 Å². The fourth-order valence-electron chi connectivity index (χ4n) is 4.83. The lowest BCUT2D eigenvalue weighted by Crippen LogP contribution is -2.29. The third-order valence-electron chi connectivity index (χ3n) is 8.11. The van der Waals surface area contributed by atoms with Gasteiger partial charge in [0.1, 0.15) is 12.7 Å². The van der Waals surface area contributed by atoms with E-state index in [2.05, 4.69) is 110 Å². The van der Waals surface area contributed by atoms with E-state index in [-0.39, 0.29) is 19.4 Å². The second-order valence-electron chi connectivity index (χ2n) is 13.6. The Labute approximate surface area is 356 Å². The predicted molar refractivity (Wildman–Crippen MR) is 242 cm³/mol. The van der Waals surface area contributed by atoms with E-state index in [1.54, 1.807) is 0 Å². The van der Waals surface area contributed by atoms with E-state index >= 15 is 0 Å². The van der Waals surface area contributed by atoms with E-state index in [1.165, 1.54) is 19.3 Å². The van der Waals surface area contributed by atoms with Gasteiger partial charge in [0.15, 0.2) is 6.10 Å². The van der Waals surface area contributed by atoms with Crippen LogP contribution in [0.5, 0.6) is 0 Å². The second-order valence-corrected chi connectivity index (χ2v) is 15.1. The summed E-state index contributed by atoms with van der Waals surface area (Å²) in [5.41, 5.74) is 0. The van der Waals surface area contributed by atoms with E-state index in [4.69, 9.17) is 19.1 Å². The van der Waals surface area contributed by atoms with Crippen molar-refractivity contribution in [2.75, 3.05) is 26.4 Å². The summed E-state index contributed by atoms with van der Waals surface area (Å²) in [5.74, 6) is -1.10. The van der Waals surface area contributed by atoms with E-state index < -0.39 is 51.8 Å². The highest BCUT2D eigenvalue weighted by Gasteiger charge is 2.27. The van der Waals surface area contributed by atoms with Crippen LogP contribution in [-0.2, 0) is 32.7 Å². The molecule has 3 atom stereocenters. The number of carbonyl (C=O) groups is 2. The van der Waals surface area contributed by atoms with Gasteiger partial charge in [-0.15, -0.1) is 0 Å². The lowest BCUT2D eigenvalue weighted by atomic mass is 10.2. The second kappa shape index (κ2) is 42.5. The van der Waals surface area contributed by atoms with Crippen LogP contribution in [0.15, 0.2) is 122 Å². The van der Waals surface area contributed by atoms with Crippen LogP contribution in [0.1, 0.15) is 129 Å². The number of aliphatic hydroxyl groups excluding tert-OH is 2. The van der Waals surface area contributed by atoms with Gasteiger partial charge in [-0.3, -0.25) is 18.6 Å². The molecule has 0 amide bonds. The zero-order valence-corrected chi connectivity index (χ0v) is 36.8. The van der Waals surface area contributed by atoms with Gasteiger partial charge in [-0.2, -0.15) is 0 Å². The number of hydrogen-bond acceptors (Lipinski definition) is 9. The Hall–Kier alpha value is -3.63. The number of phosphoric acid groups is 1. The first-order valence-electron chi connectivity index (χ1n) is 21.5. The van der Waals surface area contributed by atoms with Crippen molar-refractivity contribution in [1.82, 2.24) is 0 Å². The molecule has 0 rings (SSSR count). The SMILES string of the molecule is CC/C=C\C/C=C\C/C=C\C/C=C\C/C=C\C/C=C\CCC(=O)O[C@H](COC(=O)CCC/C=C\C/C=C\C/C=C\C/C=C\CCCCC)COP(=O)(O)OC[C@@H](O)CO. The van der Waals surface area contributed by atoms with Gasteiger partial charge in [0.25, 0.3) is 0 Å². The smallest absolute Gasteiger partial charge is 0.462 e. The van der Waals surface area contributed by atoms with Crippen molar-refractivity contribution in [1.29, 1.82) is 0 Å². The van der Waals surface area contributed by atoms with E-state index in [9.17, 15) is 24.2 Å². The molecule has 0 aliphatic carbocycles. The molecule has 0 fully saturated rings. The van der Waals surface area contributed by atoms with Crippen LogP contribution in [0, 0.1) is 0 Å². The zero-order chi connectivity index (χ0) is 43.3. The topological polar surface area (TPSA) is 149 Å². The molecule has 0 heterocycles. The van der Waals surface area contributed by atoms with E-state index in [1.807, 2.05) is 30.4 Å². The maximum absolute atomic E-state index is 12.6. The van der Waals surface area contributed by atoms with Gasteiger partial charge < -0.3 is 24.6 Å². The molecule has 0 radical (unpaired) electrons. The van der Waals surface area contributed by atoms with Gasteiger partial charge in [0.05, 0.1) is 19.8 Å². The lowest BCUT2D eigenvalue weighted by Gasteiger charge is -2.20. The first-order valence-corrected chi connectivity index (χ1v) is 23.0. The largest absolute Gasteiger partial charge is 0.472 e. The summed E-state index contributed by atoms with van der Waals surface area (Å²) in [5, 5.41) is 18.3. The van der Waals surface area contributed by atoms with Crippen molar-refractivity contribution in [2.45, 2.75) is 142 Å². The third-order valence-corrected chi connectivity index (χ3v) is 9.06. The number of hydrogen-bond donors (Lipinski definition) is 3. The number of allylic oxidation sites excluding steroid dienone is 20. The van der Waals surface area contributed by atoms with Crippen LogP contribution in [0.25, 0.3) is 0 Å². The Balaban J connectivity index is 4.56. The molecule has 0 aliphatic heterocycles. The van der Waals surface area contributed by atoms with Gasteiger partial charge in [-0.05, 0) is 89.9 Å². The monoisotopic (exact) mass is 843 g/mol. The molecular formula is C48H75O10P. The summed E-state index contributed by atoms with van der Waals surface area (Å²) in [6, 6.07) is 0. The highest BCUT2D eigenvalue weighted by atomic mass is 31.2. The highest BCUT2D eigenvalue weighted by molar-refractivity contribution is 7.47. The molecule has 0 aromatic rings. The molecule has 10 nitrogen and oxygen atoms in total. The third kappa shape index (κ3) is 42.3. The van der Waals surface area contributed by atoms with Crippen molar-refractivity contribution in [3.05, 3.63) is 122 Å². The van der Waals surface area contributed by atoms with Crippen molar-refractivity contribution >= 4 is 19.8 Å². The molecule has 0 aliphatic rings. The van der Waals surface area contributed by atoms with Crippen LogP contribution in [0.3, 0.4) is 0 Å². The molecule has 0 saturated heterocycles. The van der Waals surface area contributed by atoms with Crippen molar-refractivity contribution in [3.63, 3.8) is 0 Å². The van der Waals surface area contributed by atoms with Gasteiger partial charge >= 0.3 is 19.8 Å². The molecule has 0 aromatic carbocycles. The molecule has 0 aromatic heterocycles. The Kier molecular flexibility index (Phi) is 39.9. The minimum absolute atomic E-state index is 0.0394. The average molecular weight is 843 g/mol. The van der Waals surface area contributed by atoms with Gasteiger partial charge in [-0.1, -0.05) is 148 Å². The van der Waals surface area contributed by atoms with Crippen molar-refractivity contribution in [3.8, 4) is 0 Å². The molecule has 11 heteroatoms. The number of unbranched alkanes of at least 4 members (excludes halogenated alkanes) is 4. The molecule has 1 unspecified atom stereocenters. The van der Waals surface area contributed by atoms with Crippen molar-refractivity contribution in [2.24, 2.45) is 0 Å². The molecule has 3 N–H and O–H groups in total. The maximum atomic E-state index is 12.6. The number of aliphatic hydroxyl groups is 2. The number of ether oxygens (including phenoxy) is 2. The highest BCUT2D eigenvalue weighted by Crippen LogP contribution is 2.43. The lowest BCUT2D eigenvalue weighted by molar-refractivity contribution is -0.161. The van der Waals surface area contributed by atoms with Gasteiger partial charge in [0.2, 0.25) is 0 Å².